The van der Waals surface area contributed by atoms with E-state index in [-0.39, 0.29) is 5.56 Å². The number of fused-ring (bicyclic) bond motifs is 1. The van der Waals surface area contributed by atoms with Gasteiger partial charge in [-0.05, 0) is 31.0 Å². The maximum Gasteiger partial charge on any atom is 0.404 e. The van der Waals surface area contributed by atoms with Gasteiger partial charge in [-0.15, -0.1) is 0 Å². The zero-order valence-corrected chi connectivity index (χ0v) is 13.7. The third-order valence-corrected chi connectivity index (χ3v) is 3.99. The van der Waals surface area contributed by atoms with Crippen molar-refractivity contribution in [1.29, 1.82) is 0 Å². The van der Waals surface area contributed by atoms with Crippen molar-refractivity contribution < 1.29 is 14.3 Å². The molecule has 8 nitrogen and oxygen atoms in total. The Kier molecular flexibility index (Phi) is 4.78. The van der Waals surface area contributed by atoms with E-state index in [0.29, 0.717) is 41.9 Å². The molecule has 0 aliphatic rings. The van der Waals surface area contributed by atoms with Crippen LogP contribution in [-0.4, -0.2) is 32.3 Å². The summed E-state index contributed by atoms with van der Waals surface area (Å²) in [5.41, 5.74) is 1.28. The number of nitrogens with zero attached hydrogens (tertiary/aromatic N) is 3. The lowest BCUT2D eigenvalue weighted by Gasteiger charge is -2.10. The number of hydrogen-bond acceptors (Lipinski definition) is 5. The van der Waals surface area contributed by atoms with Crippen LogP contribution in [0.3, 0.4) is 0 Å². The van der Waals surface area contributed by atoms with Crippen molar-refractivity contribution in [3.63, 3.8) is 0 Å². The molecular weight excluding hydrogens is 324 g/mol. The molecule has 0 atom stereocenters. The second-order valence-corrected chi connectivity index (χ2v) is 5.68. The second kappa shape index (κ2) is 7.16. The highest BCUT2D eigenvalue weighted by atomic mass is 16.4. The van der Waals surface area contributed by atoms with Crippen LogP contribution >= 0.6 is 0 Å². The van der Waals surface area contributed by atoms with E-state index in [1.54, 1.807) is 25.4 Å². The molecule has 25 heavy (non-hydrogen) atoms. The van der Waals surface area contributed by atoms with Crippen LogP contribution in [0.5, 0.6) is 0 Å². The lowest BCUT2D eigenvalue weighted by molar-refractivity contribution is 0.194. The minimum atomic E-state index is -1.03. The number of carbonyl (C=O) groups is 1. The van der Waals surface area contributed by atoms with Crippen LogP contribution < -0.4 is 10.9 Å². The van der Waals surface area contributed by atoms with E-state index < -0.39 is 6.09 Å². The quantitative estimate of drug-likeness (QED) is 0.664. The summed E-state index contributed by atoms with van der Waals surface area (Å²) < 4.78 is 6.81. The zero-order chi connectivity index (χ0) is 17.8. The molecule has 2 aromatic heterocycles. The number of carboxylic acid groups (broad SMARTS) is 1. The summed E-state index contributed by atoms with van der Waals surface area (Å²) in [6.45, 7) is 0.386. The van der Waals surface area contributed by atoms with Gasteiger partial charge in [0.2, 0.25) is 0 Å². The minimum absolute atomic E-state index is 0.120. The number of aromatic nitrogens is 3. The summed E-state index contributed by atoms with van der Waals surface area (Å²) in [7, 11) is 1.70. The van der Waals surface area contributed by atoms with Gasteiger partial charge in [0.1, 0.15) is 5.82 Å². The van der Waals surface area contributed by atoms with Gasteiger partial charge in [-0.25, -0.2) is 14.8 Å². The number of hydrogen-bond donors (Lipinski definition) is 2. The number of benzene rings is 1. The molecule has 0 saturated heterocycles. The van der Waals surface area contributed by atoms with Gasteiger partial charge >= 0.3 is 6.09 Å². The van der Waals surface area contributed by atoms with Crippen molar-refractivity contribution in [1.82, 2.24) is 19.9 Å². The molecule has 130 valence electrons. The van der Waals surface area contributed by atoms with Crippen LogP contribution in [0, 0.1) is 0 Å². The highest BCUT2D eigenvalue weighted by Gasteiger charge is 2.10. The number of rotatable bonds is 6. The number of oxazole rings is 1. The van der Waals surface area contributed by atoms with Gasteiger partial charge in [-0.2, -0.15) is 0 Å². The molecule has 3 rings (SSSR count). The number of unbranched alkanes of at least 4 members (excludes halogenated alkanes) is 1. The Labute approximate surface area is 143 Å². The summed E-state index contributed by atoms with van der Waals surface area (Å²) in [5, 5.41) is 11.4. The number of amides is 1. The smallest absolute Gasteiger partial charge is 0.404 e. The molecule has 1 aromatic carbocycles. The molecule has 0 fully saturated rings. The molecule has 0 spiro atoms. The highest BCUT2D eigenvalue weighted by Crippen LogP contribution is 2.22. The van der Waals surface area contributed by atoms with Gasteiger partial charge in [0.15, 0.2) is 12.2 Å². The first-order valence-electron chi connectivity index (χ1n) is 7.91. The molecule has 2 heterocycles. The number of aryl methyl sites for hydroxylation is 1. The van der Waals surface area contributed by atoms with E-state index in [1.165, 1.54) is 11.0 Å². The molecule has 1 amide bonds. The van der Waals surface area contributed by atoms with E-state index in [1.807, 2.05) is 6.07 Å². The maximum atomic E-state index is 12.6. The van der Waals surface area contributed by atoms with E-state index in [9.17, 15) is 9.59 Å². The predicted molar refractivity (Wildman–Crippen MR) is 91.4 cm³/mol. The summed E-state index contributed by atoms with van der Waals surface area (Å²) in [4.78, 5) is 31.5. The van der Waals surface area contributed by atoms with E-state index >= 15 is 0 Å². The fourth-order valence-corrected chi connectivity index (χ4v) is 2.66. The van der Waals surface area contributed by atoms with Crippen molar-refractivity contribution in [3.8, 4) is 11.3 Å². The molecule has 8 heteroatoms. The third-order valence-electron chi connectivity index (χ3n) is 3.99. The average Bonchev–Trinajstić information content (AvgIpc) is 3.13. The van der Waals surface area contributed by atoms with Crippen molar-refractivity contribution in [3.05, 3.63) is 47.0 Å². The fourth-order valence-electron chi connectivity index (χ4n) is 2.66. The maximum absolute atomic E-state index is 12.6. The van der Waals surface area contributed by atoms with Crippen LogP contribution in [0.25, 0.3) is 22.2 Å². The molecule has 0 bridgehead atoms. The normalized spacial score (nSPS) is 10.9. The molecule has 0 unspecified atom stereocenters. The molecule has 0 saturated carbocycles. The van der Waals surface area contributed by atoms with Gasteiger partial charge in [-0.1, -0.05) is 0 Å². The first-order chi connectivity index (χ1) is 12.1. The Bertz CT molecular complexity index is 947. The molecule has 0 radical (unpaired) electrons. The second-order valence-electron chi connectivity index (χ2n) is 5.68. The Hall–Kier alpha value is -3.16. The Balaban J connectivity index is 1.82. The molecule has 3 aromatic rings. The minimum Gasteiger partial charge on any atom is -0.465 e. The van der Waals surface area contributed by atoms with E-state index in [2.05, 4.69) is 15.3 Å². The topological polar surface area (TPSA) is 110 Å². The summed E-state index contributed by atoms with van der Waals surface area (Å²) >= 11 is 0. The Morgan fingerprint density at radius 3 is 2.92 bits per heavy atom. The first-order valence-corrected chi connectivity index (χ1v) is 7.91. The van der Waals surface area contributed by atoms with Gasteiger partial charge in [0.25, 0.3) is 5.56 Å². The molecular formula is C17H18N4O4. The average molecular weight is 342 g/mol. The largest absolute Gasteiger partial charge is 0.465 e. The lowest BCUT2D eigenvalue weighted by atomic mass is 10.1. The third kappa shape index (κ3) is 3.68. The van der Waals surface area contributed by atoms with Crippen molar-refractivity contribution in [2.24, 2.45) is 7.05 Å². The lowest BCUT2D eigenvalue weighted by Crippen LogP contribution is -2.23. The number of nitrogens with one attached hydrogen (secondary N) is 1. The van der Waals surface area contributed by atoms with Crippen LogP contribution in [-0.2, 0) is 13.5 Å². The van der Waals surface area contributed by atoms with Gasteiger partial charge in [0, 0.05) is 25.6 Å². The van der Waals surface area contributed by atoms with Gasteiger partial charge < -0.3 is 14.8 Å². The van der Waals surface area contributed by atoms with E-state index in [4.69, 9.17) is 9.52 Å². The van der Waals surface area contributed by atoms with Crippen LogP contribution in [0.1, 0.15) is 18.7 Å². The van der Waals surface area contributed by atoms with E-state index in [0.717, 1.165) is 12.0 Å². The van der Waals surface area contributed by atoms with Crippen LogP contribution in [0.15, 0.2) is 40.0 Å². The molecule has 0 aliphatic heterocycles. The van der Waals surface area contributed by atoms with Crippen molar-refractivity contribution in [2.75, 3.05) is 6.54 Å². The summed E-state index contributed by atoms with van der Waals surface area (Å²) in [5.74, 6) is 1.28. The van der Waals surface area contributed by atoms with Crippen molar-refractivity contribution >= 4 is 17.0 Å². The Morgan fingerprint density at radius 2 is 2.20 bits per heavy atom. The monoisotopic (exact) mass is 342 g/mol. The molecule has 0 aliphatic carbocycles. The van der Waals surface area contributed by atoms with Crippen LogP contribution in [0.4, 0.5) is 4.79 Å². The standard InChI is InChI=1S/C17H18N4O4/c1-21-15(4-2-3-7-19-17(23)24)20-13-6-5-11(8-12(13)16(21)22)14-9-18-10-25-14/h5-6,8-10,19H,2-4,7H2,1H3,(H,23,24). The SMILES string of the molecule is Cn1c(CCCCNC(=O)O)nc2ccc(-c3cnco3)cc2c1=O. The summed E-state index contributed by atoms with van der Waals surface area (Å²) in [6.07, 6.45) is 3.94. The van der Waals surface area contributed by atoms with Crippen molar-refractivity contribution in [2.45, 2.75) is 19.3 Å². The Morgan fingerprint density at radius 1 is 1.36 bits per heavy atom. The van der Waals surface area contributed by atoms with Crippen LogP contribution in [0.2, 0.25) is 0 Å². The van der Waals surface area contributed by atoms with Gasteiger partial charge in [0.05, 0.1) is 17.1 Å². The first kappa shape index (κ1) is 16.7. The van der Waals surface area contributed by atoms with Gasteiger partial charge in [-0.3, -0.25) is 9.36 Å². The fraction of sp³-hybridized carbons (Fsp3) is 0.294. The predicted octanol–water partition coefficient (Wildman–Crippen LogP) is 2.18. The highest BCUT2D eigenvalue weighted by molar-refractivity contribution is 5.82. The molecule has 2 N–H and O–H groups in total. The summed E-state index contributed by atoms with van der Waals surface area (Å²) in [6, 6.07) is 5.39. The zero-order valence-electron chi connectivity index (χ0n) is 13.7.